The number of aliphatic hydroxyl groups is 1. The van der Waals surface area contributed by atoms with Crippen LogP contribution in [0.3, 0.4) is 0 Å². The number of tetrazole rings is 1. The molecule has 1 aliphatic heterocycles. The van der Waals surface area contributed by atoms with Gasteiger partial charge in [-0.1, -0.05) is 5.10 Å². The van der Waals surface area contributed by atoms with Crippen LogP contribution in [-0.2, 0) is 32.5 Å². The van der Waals surface area contributed by atoms with Gasteiger partial charge in [-0.05, 0) is 91.5 Å². The van der Waals surface area contributed by atoms with Gasteiger partial charge in [-0.2, -0.15) is 31.1 Å². The van der Waals surface area contributed by atoms with Crippen molar-refractivity contribution >= 4 is 22.7 Å². The number of pyridine rings is 1. The number of anilines is 2. The van der Waals surface area contributed by atoms with Crippen LogP contribution in [0.25, 0.3) is 10.9 Å². The molecule has 1 saturated carbocycles. The number of hydrogen-bond donors (Lipinski definition) is 1. The maximum absolute atomic E-state index is 14.4. The van der Waals surface area contributed by atoms with Crippen molar-refractivity contribution in [2.75, 3.05) is 23.0 Å². The minimum atomic E-state index is -5.04. The van der Waals surface area contributed by atoms with E-state index in [1.165, 1.54) is 11.9 Å². The van der Waals surface area contributed by atoms with Crippen LogP contribution in [0.5, 0.6) is 0 Å². The number of hydrogen-bond acceptors (Lipinski definition) is 7. The van der Waals surface area contributed by atoms with Crippen LogP contribution in [0.1, 0.15) is 60.8 Å². The third-order valence-corrected chi connectivity index (χ3v) is 9.34. The van der Waals surface area contributed by atoms with Crippen LogP contribution >= 0.6 is 0 Å². The lowest BCUT2D eigenvalue weighted by atomic mass is 9.78. The van der Waals surface area contributed by atoms with E-state index in [1.54, 1.807) is 6.07 Å². The highest BCUT2D eigenvalue weighted by atomic mass is 19.4. The number of aryl methyl sites for hydroxylation is 1. The Hall–Kier alpha value is -4.08. The maximum Gasteiger partial charge on any atom is 0.416 e. The van der Waals surface area contributed by atoms with Gasteiger partial charge in [-0.3, -0.25) is 0 Å². The zero-order chi connectivity index (χ0) is 34.4. The summed E-state index contributed by atoms with van der Waals surface area (Å²) in [6.07, 6.45) is -4.87. The van der Waals surface area contributed by atoms with E-state index in [4.69, 9.17) is 4.98 Å². The van der Waals surface area contributed by atoms with Crippen molar-refractivity contribution in [1.82, 2.24) is 25.2 Å². The van der Waals surface area contributed by atoms with E-state index in [1.807, 2.05) is 0 Å². The Morgan fingerprint density at radius 3 is 2.12 bits per heavy atom. The summed E-state index contributed by atoms with van der Waals surface area (Å²) in [5, 5.41) is 21.9. The molecule has 1 atom stereocenters. The van der Waals surface area contributed by atoms with Crippen LogP contribution in [0, 0.1) is 23.5 Å². The summed E-state index contributed by atoms with van der Waals surface area (Å²) in [4.78, 5) is 9.38. The SMILES string of the molecule is Cn1nnc(N(Cc2cc(C(F)(F)F)cc(C(F)(F)F)c2)Cc2cc3cc(F)c(F)cc3nc2N2CCCC2C2CCC(CO)CC2)n1. The van der Waals surface area contributed by atoms with E-state index in [9.17, 15) is 40.2 Å². The molecule has 258 valence electrons. The summed E-state index contributed by atoms with van der Waals surface area (Å²) in [6.45, 7) is 0.109. The molecule has 3 heterocycles. The lowest BCUT2D eigenvalue weighted by Gasteiger charge is -2.37. The molecule has 0 bridgehead atoms. The molecule has 8 nitrogen and oxygen atoms in total. The molecule has 1 aliphatic carbocycles. The molecule has 0 amide bonds. The number of fused-ring (bicyclic) bond motifs is 1. The van der Waals surface area contributed by atoms with E-state index in [0.29, 0.717) is 30.1 Å². The summed E-state index contributed by atoms with van der Waals surface area (Å²) in [6, 6.07) is 5.02. The fourth-order valence-electron chi connectivity index (χ4n) is 7.00. The number of alkyl halides is 6. The van der Waals surface area contributed by atoms with Gasteiger partial charge >= 0.3 is 12.4 Å². The molecular weight excluding hydrogens is 650 g/mol. The minimum Gasteiger partial charge on any atom is -0.396 e. The molecular formula is C32H33F8N7O. The normalized spacial score (nSPS) is 20.5. The third-order valence-electron chi connectivity index (χ3n) is 9.34. The van der Waals surface area contributed by atoms with Crippen LogP contribution < -0.4 is 9.80 Å². The van der Waals surface area contributed by atoms with Crippen molar-refractivity contribution in [1.29, 1.82) is 0 Å². The van der Waals surface area contributed by atoms with Gasteiger partial charge < -0.3 is 14.9 Å². The first kappa shape index (κ1) is 33.8. The smallest absolute Gasteiger partial charge is 0.396 e. The van der Waals surface area contributed by atoms with Crippen LogP contribution in [0.15, 0.2) is 36.4 Å². The number of halogens is 8. The van der Waals surface area contributed by atoms with Gasteiger partial charge in [0.1, 0.15) is 5.82 Å². The number of nitrogens with zero attached hydrogens (tertiary/aromatic N) is 7. The fraction of sp³-hybridized carbons (Fsp3) is 0.500. The van der Waals surface area contributed by atoms with E-state index in [2.05, 4.69) is 20.3 Å². The van der Waals surface area contributed by atoms with E-state index < -0.39 is 41.7 Å². The van der Waals surface area contributed by atoms with Crippen molar-refractivity contribution in [3.8, 4) is 0 Å². The van der Waals surface area contributed by atoms with E-state index in [0.717, 1.165) is 55.5 Å². The summed E-state index contributed by atoms with van der Waals surface area (Å²) < 4.78 is 111. The summed E-state index contributed by atoms with van der Waals surface area (Å²) >= 11 is 0. The number of aliphatic hydroxyl groups excluding tert-OH is 1. The number of benzene rings is 2. The minimum absolute atomic E-state index is 0.0551. The third kappa shape index (κ3) is 7.17. The molecule has 1 unspecified atom stereocenters. The highest BCUT2D eigenvalue weighted by Crippen LogP contribution is 2.41. The summed E-state index contributed by atoms with van der Waals surface area (Å²) in [7, 11) is 1.46. The molecule has 2 fully saturated rings. The predicted octanol–water partition coefficient (Wildman–Crippen LogP) is 7.05. The predicted molar refractivity (Wildman–Crippen MR) is 160 cm³/mol. The van der Waals surface area contributed by atoms with Crippen molar-refractivity contribution in [3.05, 3.63) is 70.3 Å². The molecule has 0 radical (unpaired) electrons. The highest BCUT2D eigenvalue weighted by Gasteiger charge is 2.38. The summed E-state index contributed by atoms with van der Waals surface area (Å²) in [5.41, 5.74) is -2.55. The molecule has 6 rings (SSSR count). The lowest BCUT2D eigenvalue weighted by molar-refractivity contribution is -0.143. The van der Waals surface area contributed by atoms with Gasteiger partial charge in [-0.15, -0.1) is 5.10 Å². The van der Waals surface area contributed by atoms with Gasteiger partial charge in [0.15, 0.2) is 11.6 Å². The fourth-order valence-corrected chi connectivity index (χ4v) is 7.00. The zero-order valence-corrected chi connectivity index (χ0v) is 25.9. The standard InChI is InChI=1S/C32H33F8N7O/c1-45-43-30(42-44-45)46(15-19-9-23(31(35,36)37)13-24(10-19)32(38,39)40)16-22-11-21-12-25(33)26(34)14-27(21)41-29(22)47-8-2-3-28(47)20-6-4-18(17-48)5-7-20/h9-14,18,20,28,48H,2-8,15-17H2,1H3. The molecule has 4 aromatic rings. The zero-order valence-electron chi connectivity index (χ0n) is 25.9. The molecule has 2 aromatic heterocycles. The largest absolute Gasteiger partial charge is 0.416 e. The van der Waals surface area contributed by atoms with E-state index >= 15 is 0 Å². The quantitative estimate of drug-likeness (QED) is 0.200. The monoisotopic (exact) mass is 683 g/mol. The van der Waals surface area contributed by atoms with E-state index in [-0.39, 0.29) is 59.5 Å². The Bertz CT molecular complexity index is 1740. The average molecular weight is 684 g/mol. The Labute approximate surface area is 270 Å². The van der Waals surface area contributed by atoms with Crippen LogP contribution in [0.2, 0.25) is 0 Å². The Balaban J connectivity index is 1.43. The van der Waals surface area contributed by atoms with Gasteiger partial charge in [0.25, 0.3) is 5.95 Å². The molecule has 2 aliphatic rings. The van der Waals surface area contributed by atoms with Gasteiger partial charge in [0.2, 0.25) is 0 Å². The van der Waals surface area contributed by atoms with Crippen molar-refractivity contribution in [3.63, 3.8) is 0 Å². The molecule has 2 aromatic carbocycles. The molecule has 1 N–H and O–H groups in total. The van der Waals surface area contributed by atoms with Gasteiger partial charge in [0, 0.05) is 49.3 Å². The van der Waals surface area contributed by atoms with Crippen LogP contribution in [-0.4, -0.2) is 49.5 Å². The topological polar surface area (TPSA) is 83.2 Å². The first-order chi connectivity index (χ1) is 22.7. The van der Waals surface area contributed by atoms with Gasteiger partial charge in [-0.25, -0.2) is 13.8 Å². The second-order valence-corrected chi connectivity index (χ2v) is 12.6. The van der Waals surface area contributed by atoms with Crippen molar-refractivity contribution < 1.29 is 40.2 Å². The average Bonchev–Trinajstić information content (AvgIpc) is 3.70. The molecule has 48 heavy (non-hydrogen) atoms. The molecule has 1 saturated heterocycles. The number of aromatic nitrogens is 5. The van der Waals surface area contributed by atoms with Crippen LogP contribution in [0.4, 0.5) is 46.9 Å². The second kappa shape index (κ2) is 13.1. The first-order valence-corrected chi connectivity index (χ1v) is 15.6. The Kier molecular flexibility index (Phi) is 9.22. The van der Waals surface area contributed by atoms with Crippen molar-refractivity contribution in [2.24, 2.45) is 18.9 Å². The lowest BCUT2D eigenvalue weighted by Crippen LogP contribution is -2.39. The Morgan fingerprint density at radius 2 is 1.52 bits per heavy atom. The molecule has 0 spiro atoms. The molecule has 16 heteroatoms. The highest BCUT2D eigenvalue weighted by molar-refractivity contribution is 5.82. The maximum atomic E-state index is 14.4. The van der Waals surface area contributed by atoms with Crippen molar-refractivity contribution in [2.45, 2.75) is 70.0 Å². The Morgan fingerprint density at radius 1 is 0.854 bits per heavy atom. The number of rotatable bonds is 8. The second-order valence-electron chi connectivity index (χ2n) is 12.6. The summed E-state index contributed by atoms with van der Waals surface area (Å²) in [5.74, 6) is -1.27. The first-order valence-electron chi connectivity index (χ1n) is 15.6. The van der Waals surface area contributed by atoms with Gasteiger partial charge in [0.05, 0.1) is 23.7 Å².